The molecule has 0 saturated carbocycles. The van der Waals surface area contributed by atoms with E-state index in [4.69, 9.17) is 6.85 Å². The van der Waals surface area contributed by atoms with Gasteiger partial charge in [-0.05, 0) is 245 Å². The van der Waals surface area contributed by atoms with Crippen LogP contribution in [0.15, 0.2) is 455 Å². The van der Waals surface area contributed by atoms with Crippen LogP contribution >= 0.6 is 0 Å². The average Bonchev–Trinajstić information content (AvgIpc) is 0.749. The Morgan fingerprint density at radius 1 is 0.148 bits per heavy atom. The lowest BCUT2D eigenvalue weighted by molar-refractivity contribution is 1.47. The molecule has 0 aliphatic heterocycles. The van der Waals surface area contributed by atoms with E-state index in [1.165, 1.54) is 143 Å². The SMILES string of the molecule is Cc1ccc(-c2ccc3c(-c4ccccc4)c4ccccc4c(-c4ccccc4)c3c2)cc1.[2H]c1c([2H])c([2H])c(-c2ccc3c(-c4ccc5ccccc5c4)c4ccccc4c(-c4ccc5ccccc5c4)c3c2)c([2H])c1[2H].c1ccc(-c2c3ccccc3c(-c3ccccc3)c3cc(-c4ccc(-c5cccc6ccccc56)cc4)ccc23)cc1. The zero-order chi connectivity index (χ0) is 80.9. The van der Waals surface area contributed by atoms with Crippen LogP contribution in [0.1, 0.15) is 12.4 Å². The van der Waals surface area contributed by atoms with Crippen molar-refractivity contribution in [2.45, 2.75) is 6.92 Å². The Bertz CT molecular complexity index is 7700. The minimum absolute atomic E-state index is 0.202. The van der Waals surface area contributed by atoms with Crippen molar-refractivity contribution in [2.75, 3.05) is 0 Å². The molecular formula is C115H78. The van der Waals surface area contributed by atoms with E-state index in [2.05, 4.69) is 395 Å². The summed E-state index contributed by atoms with van der Waals surface area (Å²) in [5.74, 6) is 0. The summed E-state index contributed by atoms with van der Waals surface area (Å²) in [6.45, 7) is 2.13. The maximum Gasteiger partial charge on any atom is 0.0629 e. The van der Waals surface area contributed by atoms with Crippen molar-refractivity contribution in [3.63, 3.8) is 0 Å². The first-order chi connectivity index (χ1) is 59.0. The van der Waals surface area contributed by atoms with Crippen LogP contribution in [0.2, 0.25) is 0 Å². The van der Waals surface area contributed by atoms with Crippen LogP contribution in [0.3, 0.4) is 0 Å². The second kappa shape index (κ2) is 30.5. The molecule has 22 aromatic rings. The minimum atomic E-state index is -0.393. The summed E-state index contributed by atoms with van der Waals surface area (Å²) in [5.41, 5.74) is 24.0. The standard InChI is InChI=1S/C42H28.C40H26.C33H24/c1-3-13-32(14-4-1)41-37-19-9-10-20-38(37)42(33-15-5-2-6-16-33)40-28-34(26-27-39(40)41)29-22-24-31(25-23-29)36-21-11-17-30-12-7-8-18-35(30)36;1-2-10-27(11-3-1)32-22-23-37-38(26-32)40(34-21-19-29-13-5-7-15-31(29)25-34)36-17-9-8-16-35(36)39(37)33-20-18-28-12-4-6-14-30(28)24-33;1-23-16-18-24(19-17-23)27-20-21-30-31(22-27)33(26-12-6-3-7-13-26)29-15-9-8-14-28(29)32(30)25-10-4-2-5-11-25/h1-28H;1-26H;2-22H,1H3/i;1D,2D,3D,10D,11D;. The molecule has 0 radical (unpaired) electrons. The lowest BCUT2D eigenvalue weighted by Gasteiger charge is -2.19. The third-order valence-corrected chi connectivity index (χ3v) is 22.9. The molecular weight excluding hydrogens is 1380 g/mol. The Labute approximate surface area is 678 Å². The Kier molecular flexibility index (Phi) is 16.9. The minimum Gasteiger partial charge on any atom is -0.0622 e. The zero-order valence-corrected chi connectivity index (χ0v) is 63.4. The molecule has 0 atom stereocenters. The third-order valence-electron chi connectivity index (χ3n) is 22.9. The van der Waals surface area contributed by atoms with Gasteiger partial charge in [-0.15, -0.1) is 0 Å². The van der Waals surface area contributed by atoms with Gasteiger partial charge in [-0.3, -0.25) is 0 Å². The number of hydrogen-bond donors (Lipinski definition) is 0. The van der Waals surface area contributed by atoms with E-state index in [0.717, 1.165) is 60.0 Å². The fraction of sp³-hybridized carbons (Fsp3) is 0.00870. The van der Waals surface area contributed by atoms with Crippen molar-refractivity contribution in [3.8, 4) is 111 Å². The number of hydrogen-bond acceptors (Lipinski definition) is 0. The number of aryl methyl sites for hydroxylation is 1. The van der Waals surface area contributed by atoms with E-state index >= 15 is 0 Å². The van der Waals surface area contributed by atoms with Crippen LogP contribution in [0.25, 0.3) is 208 Å². The third kappa shape index (κ3) is 13.2. The summed E-state index contributed by atoms with van der Waals surface area (Å²) in [7, 11) is 0. The smallest absolute Gasteiger partial charge is 0.0622 e. The molecule has 0 aliphatic carbocycles. The molecule has 0 fully saturated rings. The van der Waals surface area contributed by atoms with Gasteiger partial charge < -0.3 is 0 Å². The molecule has 538 valence electrons. The summed E-state index contributed by atoms with van der Waals surface area (Å²) in [6.07, 6.45) is 0. The second-order valence-corrected chi connectivity index (χ2v) is 29.7. The lowest BCUT2D eigenvalue weighted by Crippen LogP contribution is -1.92. The van der Waals surface area contributed by atoms with Gasteiger partial charge in [0.25, 0.3) is 0 Å². The van der Waals surface area contributed by atoms with Gasteiger partial charge >= 0.3 is 0 Å². The summed E-state index contributed by atoms with van der Waals surface area (Å²) < 4.78 is 42.1. The van der Waals surface area contributed by atoms with Gasteiger partial charge in [-0.1, -0.05) is 430 Å². The maximum atomic E-state index is 8.70. The van der Waals surface area contributed by atoms with E-state index in [0.29, 0.717) is 5.56 Å². The van der Waals surface area contributed by atoms with Gasteiger partial charge in [0.15, 0.2) is 0 Å². The fourth-order valence-electron chi connectivity index (χ4n) is 17.5. The Morgan fingerprint density at radius 3 is 0.817 bits per heavy atom. The molecule has 0 unspecified atom stereocenters. The molecule has 22 rings (SSSR count). The van der Waals surface area contributed by atoms with Gasteiger partial charge in [0.1, 0.15) is 0 Å². The molecule has 115 heavy (non-hydrogen) atoms. The van der Waals surface area contributed by atoms with Crippen LogP contribution in [0.5, 0.6) is 0 Å². The van der Waals surface area contributed by atoms with Gasteiger partial charge in [-0.2, -0.15) is 0 Å². The molecule has 0 aliphatic rings. The van der Waals surface area contributed by atoms with E-state index in [9.17, 15) is 0 Å². The molecule has 0 nitrogen and oxygen atoms in total. The number of benzene rings is 22. The Hall–Kier alpha value is -14.8. The fourth-order valence-corrected chi connectivity index (χ4v) is 17.5. The average molecular weight is 1460 g/mol. The summed E-state index contributed by atoms with van der Waals surface area (Å²) in [5, 5.41) is 21.6. The normalized spacial score (nSPS) is 12.0. The van der Waals surface area contributed by atoms with Crippen molar-refractivity contribution in [1.29, 1.82) is 0 Å². The van der Waals surface area contributed by atoms with Crippen molar-refractivity contribution in [1.82, 2.24) is 0 Å². The predicted molar refractivity (Wildman–Crippen MR) is 496 cm³/mol. The van der Waals surface area contributed by atoms with Crippen LogP contribution in [-0.4, -0.2) is 0 Å². The molecule has 0 aromatic heterocycles. The molecule has 0 saturated heterocycles. The second-order valence-electron chi connectivity index (χ2n) is 29.7. The highest BCUT2D eigenvalue weighted by atomic mass is 14.3. The van der Waals surface area contributed by atoms with Crippen molar-refractivity contribution < 1.29 is 6.85 Å². The van der Waals surface area contributed by atoms with E-state index in [1.807, 2.05) is 36.4 Å². The Balaban J connectivity index is 0.000000116. The van der Waals surface area contributed by atoms with Crippen molar-refractivity contribution >= 4 is 97.0 Å². The summed E-state index contributed by atoms with van der Waals surface area (Å²) in [4.78, 5) is 0. The number of rotatable bonds is 10. The highest BCUT2D eigenvalue weighted by Crippen LogP contribution is 2.50. The molecule has 22 aromatic carbocycles. The van der Waals surface area contributed by atoms with E-state index < -0.39 is 6.04 Å². The Morgan fingerprint density at radius 2 is 0.417 bits per heavy atom. The molecule has 0 spiro atoms. The van der Waals surface area contributed by atoms with Crippen LogP contribution in [0.4, 0.5) is 0 Å². The van der Waals surface area contributed by atoms with E-state index in [-0.39, 0.29) is 29.7 Å². The van der Waals surface area contributed by atoms with Gasteiger partial charge in [0.2, 0.25) is 0 Å². The zero-order valence-electron chi connectivity index (χ0n) is 68.4. The summed E-state index contributed by atoms with van der Waals surface area (Å²) in [6, 6.07) is 150. The van der Waals surface area contributed by atoms with Gasteiger partial charge in [0, 0.05) is 0 Å². The van der Waals surface area contributed by atoms with Crippen LogP contribution < -0.4 is 0 Å². The molecule has 0 heteroatoms. The van der Waals surface area contributed by atoms with Gasteiger partial charge in [0.05, 0.1) is 6.85 Å². The monoisotopic (exact) mass is 1460 g/mol. The largest absolute Gasteiger partial charge is 0.0629 e. The first-order valence-corrected chi connectivity index (χ1v) is 39.4. The highest BCUT2D eigenvalue weighted by Gasteiger charge is 2.22. The first kappa shape index (κ1) is 63.9. The highest BCUT2D eigenvalue weighted by molar-refractivity contribution is 6.25. The topological polar surface area (TPSA) is 0 Å². The molecule has 0 amide bonds. The summed E-state index contributed by atoms with van der Waals surface area (Å²) >= 11 is 0. The predicted octanol–water partition coefficient (Wildman–Crippen LogP) is 32.4. The van der Waals surface area contributed by atoms with Crippen LogP contribution in [0, 0.1) is 6.92 Å². The van der Waals surface area contributed by atoms with E-state index in [1.54, 1.807) is 0 Å². The maximum absolute atomic E-state index is 8.70. The van der Waals surface area contributed by atoms with Crippen molar-refractivity contribution in [3.05, 3.63) is 460 Å². The first-order valence-electron chi connectivity index (χ1n) is 41.9. The lowest BCUT2D eigenvalue weighted by atomic mass is 9.84. The quantitative estimate of drug-likeness (QED) is 0.120. The van der Waals surface area contributed by atoms with Gasteiger partial charge in [-0.25, -0.2) is 0 Å². The van der Waals surface area contributed by atoms with Crippen molar-refractivity contribution in [2.24, 2.45) is 0 Å². The molecule has 0 bridgehead atoms. The van der Waals surface area contributed by atoms with Crippen LogP contribution in [-0.2, 0) is 0 Å². The molecule has 0 N–H and O–H groups in total. The number of fused-ring (bicyclic) bond motifs is 9. The molecule has 0 heterocycles.